The van der Waals surface area contributed by atoms with Crippen LogP contribution in [0.25, 0.3) is 0 Å². The number of sulfonamides is 1. The van der Waals surface area contributed by atoms with Crippen LogP contribution in [0.15, 0.2) is 23.5 Å². The van der Waals surface area contributed by atoms with Gasteiger partial charge in [0, 0.05) is 6.20 Å². The van der Waals surface area contributed by atoms with Gasteiger partial charge in [0.1, 0.15) is 4.90 Å². The summed E-state index contributed by atoms with van der Waals surface area (Å²) >= 11 is 1.14. The maximum Gasteiger partial charge on any atom is 0.266 e. The number of H-pyrrole nitrogens is 1. The van der Waals surface area contributed by atoms with Crippen LogP contribution in [0.2, 0.25) is 0 Å². The molecule has 0 aliphatic carbocycles. The van der Waals surface area contributed by atoms with E-state index in [2.05, 4.69) is 31.7 Å². The molecule has 0 amide bonds. The van der Waals surface area contributed by atoms with Crippen LogP contribution in [0.4, 0.5) is 5.13 Å². The number of thiazole rings is 1. The van der Waals surface area contributed by atoms with Crippen molar-refractivity contribution in [2.24, 2.45) is 5.73 Å². The summed E-state index contributed by atoms with van der Waals surface area (Å²) in [5, 5.41) is 6.26. The van der Waals surface area contributed by atoms with E-state index in [1.807, 2.05) is 0 Å². The van der Waals surface area contributed by atoms with Crippen molar-refractivity contribution in [3.05, 3.63) is 23.5 Å². The largest absolute Gasteiger partial charge is 0.320 e. The van der Waals surface area contributed by atoms with Crippen molar-refractivity contribution in [2.45, 2.75) is 4.90 Å². The predicted octanol–water partition coefficient (Wildman–Crippen LogP) is -0.0228. The Labute approximate surface area is 107 Å². The summed E-state index contributed by atoms with van der Waals surface area (Å²) in [7, 11) is -3.65. The second-order valence-corrected chi connectivity index (χ2v) is 5.79. The molecule has 4 N–H and O–H groups in total. The molecule has 0 bridgehead atoms. The molecule has 0 unspecified atom stereocenters. The van der Waals surface area contributed by atoms with E-state index in [-0.39, 0.29) is 16.6 Å². The van der Waals surface area contributed by atoms with Gasteiger partial charge in [0.15, 0.2) is 5.13 Å². The number of hydrogen-bond donors (Lipinski definition) is 3. The Balaban J connectivity index is 2.17. The average molecular weight is 283 g/mol. The van der Waals surface area contributed by atoms with Crippen molar-refractivity contribution in [1.82, 2.24) is 15.2 Å². The molecule has 0 radical (unpaired) electrons. The number of nitrogens with two attached hydrogens (primary N) is 1. The molecule has 2 aromatic rings. The zero-order valence-corrected chi connectivity index (χ0v) is 10.7. The van der Waals surface area contributed by atoms with Gasteiger partial charge in [0.25, 0.3) is 10.0 Å². The molecule has 0 fully saturated rings. The quantitative estimate of drug-likeness (QED) is 0.685. The first kappa shape index (κ1) is 12.6. The molecule has 0 spiro atoms. The maximum atomic E-state index is 11.8. The van der Waals surface area contributed by atoms with Crippen LogP contribution >= 0.6 is 11.3 Å². The summed E-state index contributed by atoms with van der Waals surface area (Å²) in [5.41, 5.74) is 5.24. The van der Waals surface area contributed by atoms with Crippen LogP contribution in [0.5, 0.6) is 0 Å². The van der Waals surface area contributed by atoms with Crippen molar-refractivity contribution in [3.8, 4) is 11.8 Å². The standard InChI is InChI=1S/C9H9N5O2S2/c10-3-1-2-7-4-11-9(17-7)14-18(15,16)8-5-12-13-6-8/h4-6H,3,10H2,(H,11,14)(H,12,13). The highest BCUT2D eigenvalue weighted by Crippen LogP contribution is 2.20. The topological polar surface area (TPSA) is 114 Å². The Hall–Kier alpha value is -1.89. The molecule has 9 heteroatoms. The van der Waals surface area contributed by atoms with Gasteiger partial charge in [-0.2, -0.15) is 5.10 Å². The van der Waals surface area contributed by atoms with Crippen LogP contribution < -0.4 is 10.5 Å². The lowest BCUT2D eigenvalue weighted by atomic mass is 10.5. The van der Waals surface area contributed by atoms with Gasteiger partial charge in [-0.25, -0.2) is 13.4 Å². The minimum absolute atomic E-state index is 0.0484. The molecule has 0 saturated heterocycles. The third kappa shape index (κ3) is 2.86. The number of rotatable bonds is 3. The summed E-state index contributed by atoms with van der Waals surface area (Å²) < 4.78 is 26.0. The van der Waals surface area contributed by atoms with Crippen LogP contribution in [-0.2, 0) is 10.0 Å². The number of aromatic amines is 1. The van der Waals surface area contributed by atoms with Gasteiger partial charge in [-0.3, -0.25) is 9.82 Å². The molecule has 2 heterocycles. The van der Waals surface area contributed by atoms with E-state index in [1.54, 1.807) is 0 Å². The number of anilines is 1. The third-order valence-electron chi connectivity index (χ3n) is 1.82. The average Bonchev–Trinajstić information content (AvgIpc) is 2.96. The molecule has 0 aromatic carbocycles. The molecule has 7 nitrogen and oxygen atoms in total. The lowest BCUT2D eigenvalue weighted by Crippen LogP contribution is -2.11. The number of nitrogens with zero attached hydrogens (tertiary/aromatic N) is 2. The van der Waals surface area contributed by atoms with E-state index in [9.17, 15) is 8.42 Å². The summed E-state index contributed by atoms with van der Waals surface area (Å²) in [4.78, 5) is 4.61. The van der Waals surface area contributed by atoms with Crippen molar-refractivity contribution in [3.63, 3.8) is 0 Å². The highest BCUT2D eigenvalue weighted by Gasteiger charge is 2.16. The molecule has 2 rings (SSSR count). The molecular formula is C9H9N5O2S2. The van der Waals surface area contributed by atoms with Gasteiger partial charge < -0.3 is 5.73 Å². The van der Waals surface area contributed by atoms with E-state index in [1.165, 1.54) is 18.6 Å². The van der Waals surface area contributed by atoms with Gasteiger partial charge in [-0.05, 0) is 0 Å². The highest BCUT2D eigenvalue weighted by molar-refractivity contribution is 7.93. The molecule has 0 aliphatic heterocycles. The SMILES string of the molecule is NCC#Cc1cnc(NS(=O)(=O)c2cn[nH]c2)s1. The van der Waals surface area contributed by atoms with Gasteiger partial charge in [0.2, 0.25) is 0 Å². The predicted molar refractivity (Wildman–Crippen MR) is 67.4 cm³/mol. The minimum atomic E-state index is -3.65. The van der Waals surface area contributed by atoms with Gasteiger partial charge >= 0.3 is 0 Å². The normalized spacial score (nSPS) is 10.7. The van der Waals surface area contributed by atoms with E-state index in [0.717, 1.165) is 11.3 Å². The van der Waals surface area contributed by atoms with Crippen molar-refractivity contribution in [2.75, 3.05) is 11.3 Å². The smallest absolute Gasteiger partial charge is 0.266 e. The Kier molecular flexibility index (Phi) is 3.61. The molecular weight excluding hydrogens is 274 g/mol. The Bertz CT molecular complexity index is 678. The zero-order chi connectivity index (χ0) is 13.0. The van der Waals surface area contributed by atoms with Crippen molar-refractivity contribution in [1.29, 1.82) is 0 Å². The lowest BCUT2D eigenvalue weighted by molar-refractivity contribution is 0.601. The lowest BCUT2D eigenvalue weighted by Gasteiger charge is -2.00. The van der Waals surface area contributed by atoms with E-state index in [4.69, 9.17) is 5.73 Å². The monoisotopic (exact) mass is 283 g/mol. The molecule has 0 aliphatic rings. The zero-order valence-electron chi connectivity index (χ0n) is 9.04. The summed E-state index contributed by atoms with van der Waals surface area (Å²) in [6.45, 7) is 0.244. The van der Waals surface area contributed by atoms with Crippen molar-refractivity contribution < 1.29 is 8.42 Å². The van der Waals surface area contributed by atoms with Gasteiger partial charge in [0.05, 0.1) is 23.8 Å². The van der Waals surface area contributed by atoms with Crippen LogP contribution in [0.1, 0.15) is 4.88 Å². The first-order valence-electron chi connectivity index (χ1n) is 4.78. The van der Waals surface area contributed by atoms with Crippen molar-refractivity contribution >= 4 is 26.5 Å². The fraction of sp³-hybridized carbons (Fsp3) is 0.111. The fourth-order valence-corrected chi connectivity index (χ4v) is 2.91. The van der Waals surface area contributed by atoms with Gasteiger partial charge in [-0.1, -0.05) is 23.2 Å². The summed E-state index contributed by atoms with van der Waals surface area (Å²) in [6, 6.07) is 0. The summed E-state index contributed by atoms with van der Waals surface area (Å²) in [6.07, 6.45) is 3.98. The second-order valence-electron chi connectivity index (χ2n) is 3.08. The second kappa shape index (κ2) is 5.18. The summed E-state index contributed by atoms with van der Waals surface area (Å²) in [5.74, 6) is 5.44. The number of aromatic nitrogens is 3. The van der Waals surface area contributed by atoms with Gasteiger partial charge in [-0.15, -0.1) is 0 Å². The fourth-order valence-electron chi connectivity index (χ4n) is 1.08. The van der Waals surface area contributed by atoms with E-state index in [0.29, 0.717) is 4.88 Å². The van der Waals surface area contributed by atoms with Crippen LogP contribution in [0.3, 0.4) is 0 Å². The Morgan fingerprint density at radius 2 is 2.33 bits per heavy atom. The number of hydrogen-bond acceptors (Lipinski definition) is 6. The molecule has 0 atom stereocenters. The Morgan fingerprint density at radius 1 is 1.50 bits per heavy atom. The number of nitrogens with one attached hydrogen (secondary N) is 2. The molecule has 0 saturated carbocycles. The maximum absolute atomic E-state index is 11.8. The molecule has 18 heavy (non-hydrogen) atoms. The van der Waals surface area contributed by atoms with Crippen LogP contribution in [-0.4, -0.2) is 30.1 Å². The first-order valence-corrected chi connectivity index (χ1v) is 7.08. The van der Waals surface area contributed by atoms with E-state index >= 15 is 0 Å². The first-order chi connectivity index (χ1) is 8.62. The van der Waals surface area contributed by atoms with Crippen LogP contribution in [0, 0.1) is 11.8 Å². The third-order valence-corrected chi connectivity index (χ3v) is 4.09. The van der Waals surface area contributed by atoms with E-state index < -0.39 is 10.0 Å². The Morgan fingerprint density at radius 3 is 3.00 bits per heavy atom. The highest BCUT2D eigenvalue weighted by atomic mass is 32.2. The minimum Gasteiger partial charge on any atom is -0.320 e. The molecule has 2 aromatic heterocycles. The molecule has 94 valence electrons.